The van der Waals surface area contributed by atoms with Crippen molar-refractivity contribution in [3.8, 4) is 0 Å². The van der Waals surface area contributed by atoms with Gasteiger partial charge in [0.05, 0.1) is 6.10 Å². The van der Waals surface area contributed by atoms with Crippen molar-refractivity contribution in [2.45, 2.75) is 137 Å². The number of aliphatic hydroxyl groups excluding tert-OH is 1. The zero-order chi connectivity index (χ0) is 27.1. The second kappa shape index (κ2) is 11.7. The van der Waals surface area contributed by atoms with Crippen molar-refractivity contribution < 1.29 is 9.90 Å². The zero-order valence-electron chi connectivity index (χ0n) is 25.5. The summed E-state index contributed by atoms with van der Waals surface area (Å²) in [6, 6.07) is 0.523. The summed E-state index contributed by atoms with van der Waals surface area (Å²) in [5, 5.41) is 14.8. The number of carbonyl (C=O) groups excluding carboxylic acids is 1. The molecule has 38 heavy (non-hydrogen) atoms. The molecular weight excluding hydrogens is 468 g/mol. The maximum atomic E-state index is 12.1. The van der Waals surface area contributed by atoms with Crippen molar-refractivity contribution in [1.82, 2.24) is 10.2 Å². The van der Waals surface area contributed by atoms with E-state index in [1.165, 1.54) is 57.8 Å². The minimum absolute atomic E-state index is 0.118. The molecule has 4 saturated carbocycles. The summed E-state index contributed by atoms with van der Waals surface area (Å²) in [7, 11) is 0. The van der Waals surface area contributed by atoms with E-state index in [2.05, 4.69) is 44.8 Å². The van der Waals surface area contributed by atoms with Gasteiger partial charge in [0.15, 0.2) is 0 Å². The lowest BCUT2D eigenvalue weighted by molar-refractivity contribution is -0.141. The molecule has 10 atom stereocenters. The fourth-order valence-corrected chi connectivity index (χ4v) is 11.1. The average molecular weight is 529 g/mol. The lowest BCUT2D eigenvalue weighted by atomic mass is 9.43. The lowest BCUT2D eigenvalue weighted by Crippen LogP contribution is -2.61. The van der Waals surface area contributed by atoms with Gasteiger partial charge in [-0.05, 0) is 123 Å². The summed E-state index contributed by atoms with van der Waals surface area (Å²) in [5.41, 5.74) is 0.892. The first kappa shape index (κ1) is 28.9. The molecule has 1 heterocycles. The number of rotatable bonds is 10. The topological polar surface area (TPSA) is 52.6 Å². The van der Waals surface area contributed by atoms with Gasteiger partial charge in [0.1, 0.15) is 0 Å². The van der Waals surface area contributed by atoms with E-state index in [0.717, 1.165) is 87.2 Å². The van der Waals surface area contributed by atoms with Gasteiger partial charge in [0, 0.05) is 25.6 Å². The third-order valence-corrected chi connectivity index (χ3v) is 13.1. The smallest absolute Gasteiger partial charge is 0.222 e. The van der Waals surface area contributed by atoms with E-state index < -0.39 is 0 Å². The summed E-state index contributed by atoms with van der Waals surface area (Å²) < 4.78 is 0. The fraction of sp³-hybridized carbons (Fsp3) is 0.971. The van der Waals surface area contributed by atoms with Crippen LogP contribution >= 0.6 is 0 Å². The maximum absolute atomic E-state index is 12.1. The van der Waals surface area contributed by atoms with E-state index in [-0.39, 0.29) is 6.10 Å². The summed E-state index contributed by atoms with van der Waals surface area (Å²) in [5.74, 6) is 6.11. The van der Waals surface area contributed by atoms with Crippen LogP contribution in [0, 0.1) is 52.3 Å². The van der Waals surface area contributed by atoms with E-state index in [1.54, 1.807) is 0 Å². The van der Waals surface area contributed by atoms with Crippen LogP contribution in [0.4, 0.5) is 0 Å². The Morgan fingerprint density at radius 3 is 2.45 bits per heavy atom. The highest BCUT2D eigenvalue weighted by Gasteiger charge is 2.62. The number of nitrogens with one attached hydrogen (secondary N) is 1. The number of amides is 1. The minimum Gasteiger partial charge on any atom is -0.393 e. The molecule has 1 amide bonds. The Morgan fingerprint density at radius 1 is 0.947 bits per heavy atom. The molecule has 4 unspecified atom stereocenters. The Hall–Kier alpha value is -0.610. The average Bonchev–Trinajstić information content (AvgIpc) is 3.44. The predicted molar refractivity (Wildman–Crippen MR) is 157 cm³/mol. The molecule has 218 valence electrons. The largest absolute Gasteiger partial charge is 0.393 e. The van der Waals surface area contributed by atoms with Gasteiger partial charge < -0.3 is 15.3 Å². The Bertz CT molecular complexity index is 814. The molecule has 5 aliphatic rings. The van der Waals surface area contributed by atoms with Gasteiger partial charge in [0.2, 0.25) is 5.91 Å². The molecule has 0 radical (unpaired) electrons. The molecule has 0 aromatic carbocycles. The van der Waals surface area contributed by atoms with E-state index in [0.29, 0.717) is 28.7 Å². The molecule has 4 heteroatoms. The van der Waals surface area contributed by atoms with E-state index in [1.807, 2.05) is 0 Å². The molecule has 5 rings (SSSR count). The quantitative estimate of drug-likeness (QED) is 0.299. The zero-order valence-corrected chi connectivity index (χ0v) is 25.5. The van der Waals surface area contributed by atoms with Crippen LogP contribution in [0.2, 0.25) is 0 Å². The Kier molecular flexibility index (Phi) is 8.91. The Morgan fingerprint density at radius 2 is 1.71 bits per heavy atom. The van der Waals surface area contributed by atoms with Crippen molar-refractivity contribution >= 4 is 5.91 Å². The number of nitrogens with zero attached hydrogens (tertiary/aromatic N) is 1. The standard InChI is InChI=1S/C34H60N2O2/c1-23(2)9-6-10-24(3)27-12-13-28-26-22-31(35-18-8-20-36-19-7-11-32(36)38)30-21-25(37)14-16-34(30,5)29(26)15-17-33(27,28)4/h23-31,35,37H,6-22H2,1-5H3/t24-,25+,26?,27-,28?,29?,30?,31-,33-,34-/m1/s1. The van der Waals surface area contributed by atoms with Crippen molar-refractivity contribution in [3.63, 3.8) is 0 Å². The van der Waals surface area contributed by atoms with Crippen LogP contribution in [0.3, 0.4) is 0 Å². The third-order valence-electron chi connectivity index (χ3n) is 13.1. The molecule has 4 aliphatic carbocycles. The number of likely N-dealkylation sites (tertiary alicyclic amines) is 1. The molecule has 1 saturated heterocycles. The van der Waals surface area contributed by atoms with Gasteiger partial charge in [-0.2, -0.15) is 0 Å². The molecule has 1 aliphatic heterocycles. The van der Waals surface area contributed by atoms with Crippen molar-refractivity contribution in [2.24, 2.45) is 52.3 Å². The van der Waals surface area contributed by atoms with E-state index >= 15 is 0 Å². The lowest BCUT2D eigenvalue weighted by Gasteiger charge is -2.63. The Labute approximate surface area is 234 Å². The van der Waals surface area contributed by atoms with Crippen LogP contribution < -0.4 is 5.32 Å². The summed E-state index contributed by atoms with van der Waals surface area (Å²) in [6.07, 6.45) is 17.2. The van der Waals surface area contributed by atoms with Crippen molar-refractivity contribution in [2.75, 3.05) is 19.6 Å². The first-order valence-corrected chi connectivity index (χ1v) is 16.8. The predicted octanol–water partition coefficient (Wildman–Crippen LogP) is 7.05. The van der Waals surface area contributed by atoms with Crippen LogP contribution in [0.15, 0.2) is 0 Å². The molecule has 0 bridgehead atoms. The van der Waals surface area contributed by atoms with Gasteiger partial charge in [-0.3, -0.25) is 4.79 Å². The van der Waals surface area contributed by atoms with Crippen LogP contribution in [0.25, 0.3) is 0 Å². The van der Waals surface area contributed by atoms with Gasteiger partial charge in [-0.1, -0.05) is 53.9 Å². The second-order valence-electron chi connectivity index (χ2n) is 15.6. The van der Waals surface area contributed by atoms with Gasteiger partial charge in [-0.15, -0.1) is 0 Å². The Balaban J connectivity index is 1.27. The van der Waals surface area contributed by atoms with Crippen LogP contribution in [-0.4, -0.2) is 47.7 Å². The highest BCUT2D eigenvalue weighted by Crippen LogP contribution is 2.68. The molecule has 2 N–H and O–H groups in total. The second-order valence-corrected chi connectivity index (χ2v) is 15.6. The summed E-state index contributed by atoms with van der Waals surface area (Å²) in [6.45, 7) is 15.5. The number of hydrogen-bond donors (Lipinski definition) is 2. The third kappa shape index (κ3) is 5.48. The number of hydrogen-bond acceptors (Lipinski definition) is 3. The van der Waals surface area contributed by atoms with E-state index in [9.17, 15) is 9.90 Å². The molecule has 4 nitrogen and oxygen atoms in total. The fourth-order valence-electron chi connectivity index (χ4n) is 11.1. The maximum Gasteiger partial charge on any atom is 0.222 e. The molecule has 5 fully saturated rings. The van der Waals surface area contributed by atoms with Crippen LogP contribution in [0.1, 0.15) is 125 Å². The van der Waals surface area contributed by atoms with Gasteiger partial charge >= 0.3 is 0 Å². The normalized spacial score (nSPS) is 43.7. The van der Waals surface area contributed by atoms with Crippen LogP contribution in [-0.2, 0) is 4.79 Å². The monoisotopic (exact) mass is 528 g/mol. The SMILES string of the molecule is CC(C)CCC[C@@H](C)[C@H]1CCC2C3C[C@@H](NCCCN4CCCC4=O)C4C[C@@H](O)CC[C@]4(C)C3CC[C@@]21C. The molecule has 0 spiro atoms. The molecular formula is C34H60N2O2. The first-order chi connectivity index (χ1) is 18.1. The van der Waals surface area contributed by atoms with Crippen molar-refractivity contribution in [3.05, 3.63) is 0 Å². The highest BCUT2D eigenvalue weighted by atomic mass is 16.3. The molecule has 0 aromatic rings. The number of carbonyl (C=O) groups is 1. The minimum atomic E-state index is -0.118. The van der Waals surface area contributed by atoms with E-state index in [4.69, 9.17) is 0 Å². The van der Waals surface area contributed by atoms with Gasteiger partial charge in [-0.25, -0.2) is 0 Å². The molecule has 0 aromatic heterocycles. The van der Waals surface area contributed by atoms with Crippen LogP contribution in [0.5, 0.6) is 0 Å². The summed E-state index contributed by atoms with van der Waals surface area (Å²) >= 11 is 0. The number of aliphatic hydroxyl groups is 1. The van der Waals surface area contributed by atoms with Gasteiger partial charge in [0.25, 0.3) is 0 Å². The first-order valence-electron chi connectivity index (χ1n) is 16.8. The van der Waals surface area contributed by atoms with Crippen molar-refractivity contribution in [1.29, 1.82) is 0 Å². The number of fused-ring (bicyclic) bond motifs is 5. The summed E-state index contributed by atoms with van der Waals surface area (Å²) in [4.78, 5) is 14.1. The highest BCUT2D eigenvalue weighted by molar-refractivity contribution is 5.77.